The van der Waals surface area contributed by atoms with Crippen LogP contribution in [-0.4, -0.2) is 25.6 Å². The Morgan fingerprint density at radius 2 is 1.70 bits per heavy atom. The molecule has 0 radical (unpaired) electrons. The minimum absolute atomic E-state index is 0.240. The van der Waals surface area contributed by atoms with Crippen molar-refractivity contribution in [2.24, 2.45) is 0 Å². The summed E-state index contributed by atoms with van der Waals surface area (Å²) < 4.78 is 11.2. The molecule has 0 spiro atoms. The van der Waals surface area contributed by atoms with Crippen molar-refractivity contribution in [3.8, 4) is 5.75 Å². The zero-order valence-corrected chi connectivity index (χ0v) is 17.2. The zero-order valence-electron chi connectivity index (χ0n) is 15.6. The third-order valence-electron chi connectivity index (χ3n) is 4.01. The average molecular weight is 434 g/mol. The average Bonchev–Trinajstić information content (AvgIpc) is 2.68. The van der Waals surface area contributed by atoms with Crippen molar-refractivity contribution in [1.29, 1.82) is 0 Å². The summed E-state index contributed by atoms with van der Waals surface area (Å²) in [7, 11) is 1.33. The highest BCUT2D eigenvalue weighted by Gasteiger charge is 2.11. The lowest BCUT2D eigenvalue weighted by molar-refractivity contribution is 0.0600. The first-order valence-corrected chi connectivity index (χ1v) is 9.76. The molecule has 0 bridgehead atoms. The molecule has 0 unspecified atom stereocenters. The van der Waals surface area contributed by atoms with Crippen molar-refractivity contribution < 1.29 is 19.1 Å². The van der Waals surface area contributed by atoms with Crippen molar-refractivity contribution in [2.75, 3.05) is 19.0 Å². The fourth-order valence-corrected chi connectivity index (χ4v) is 2.97. The number of benzene rings is 2. The molecule has 2 aromatic carbocycles. The first kappa shape index (κ1) is 21.0. The third-order valence-corrected chi connectivity index (χ3v) is 4.63. The van der Waals surface area contributed by atoms with Gasteiger partial charge in [0.05, 0.1) is 23.8 Å². The number of carbonyl (C=O) groups excluding carboxylic acids is 2. The molecule has 1 amide bonds. The van der Waals surface area contributed by atoms with Gasteiger partial charge in [0.1, 0.15) is 5.75 Å². The molecule has 5 nitrogen and oxygen atoms in total. The lowest BCUT2D eigenvalue weighted by atomic mass is 10.1. The number of rotatable bonds is 9. The van der Waals surface area contributed by atoms with Crippen LogP contribution in [0, 0.1) is 0 Å². The van der Waals surface area contributed by atoms with E-state index < -0.39 is 5.97 Å². The van der Waals surface area contributed by atoms with Crippen LogP contribution in [0.5, 0.6) is 5.75 Å². The van der Waals surface area contributed by atoms with Gasteiger partial charge in [0, 0.05) is 11.3 Å². The lowest BCUT2D eigenvalue weighted by Gasteiger charge is -2.10. The largest absolute Gasteiger partial charge is 0.492 e. The topological polar surface area (TPSA) is 64.6 Å². The number of hydrogen-bond acceptors (Lipinski definition) is 4. The van der Waals surface area contributed by atoms with E-state index >= 15 is 0 Å². The molecule has 27 heavy (non-hydrogen) atoms. The first-order valence-electron chi connectivity index (χ1n) is 8.97. The van der Waals surface area contributed by atoms with E-state index in [1.807, 2.05) is 0 Å². The van der Waals surface area contributed by atoms with Crippen molar-refractivity contribution in [3.63, 3.8) is 0 Å². The Labute approximate surface area is 168 Å². The number of ether oxygens (including phenoxy) is 2. The first-order chi connectivity index (χ1) is 13.0. The third kappa shape index (κ3) is 6.40. The summed E-state index contributed by atoms with van der Waals surface area (Å²) in [5, 5.41) is 2.80. The number of unbranched alkanes of at least 4 members (excludes halogenated alkanes) is 3. The minimum atomic E-state index is -0.415. The highest BCUT2D eigenvalue weighted by molar-refractivity contribution is 9.10. The molecule has 0 aliphatic rings. The van der Waals surface area contributed by atoms with Crippen LogP contribution < -0.4 is 10.1 Å². The van der Waals surface area contributed by atoms with E-state index in [1.165, 1.54) is 20.0 Å². The van der Waals surface area contributed by atoms with Crippen LogP contribution in [0.4, 0.5) is 5.69 Å². The van der Waals surface area contributed by atoms with Crippen LogP contribution in [0.25, 0.3) is 0 Å². The fourth-order valence-electron chi connectivity index (χ4n) is 2.48. The van der Waals surface area contributed by atoms with E-state index in [0.29, 0.717) is 23.4 Å². The summed E-state index contributed by atoms with van der Waals surface area (Å²) in [6, 6.07) is 11.8. The molecular formula is C21H24BrNO4. The molecule has 0 aliphatic heterocycles. The second-order valence-electron chi connectivity index (χ2n) is 6.08. The molecule has 1 N–H and O–H groups in total. The molecule has 0 atom stereocenters. The van der Waals surface area contributed by atoms with Crippen molar-refractivity contribution in [2.45, 2.75) is 32.6 Å². The number of methoxy groups -OCH3 is 1. The predicted molar refractivity (Wildman–Crippen MR) is 110 cm³/mol. The maximum Gasteiger partial charge on any atom is 0.337 e. The van der Waals surface area contributed by atoms with Gasteiger partial charge in [0.25, 0.3) is 5.91 Å². The van der Waals surface area contributed by atoms with Gasteiger partial charge in [-0.05, 0) is 64.8 Å². The predicted octanol–water partition coefficient (Wildman–Crippen LogP) is 5.45. The molecule has 2 rings (SSSR count). The van der Waals surface area contributed by atoms with Gasteiger partial charge in [-0.25, -0.2) is 4.79 Å². The second-order valence-corrected chi connectivity index (χ2v) is 6.93. The van der Waals surface area contributed by atoms with Gasteiger partial charge < -0.3 is 14.8 Å². The molecule has 0 fully saturated rings. The van der Waals surface area contributed by atoms with Crippen LogP contribution >= 0.6 is 15.9 Å². The van der Waals surface area contributed by atoms with Gasteiger partial charge in [0.15, 0.2) is 0 Å². The van der Waals surface area contributed by atoms with Crippen molar-refractivity contribution >= 4 is 33.5 Å². The minimum Gasteiger partial charge on any atom is -0.492 e. The maximum absolute atomic E-state index is 12.4. The molecule has 0 aromatic heterocycles. The molecule has 2 aromatic rings. The Hall–Kier alpha value is -2.34. The van der Waals surface area contributed by atoms with Gasteiger partial charge in [0.2, 0.25) is 0 Å². The molecule has 0 aliphatic carbocycles. The van der Waals surface area contributed by atoms with Gasteiger partial charge in [-0.2, -0.15) is 0 Å². The van der Waals surface area contributed by atoms with E-state index in [0.717, 1.165) is 23.1 Å². The molecule has 6 heteroatoms. The summed E-state index contributed by atoms with van der Waals surface area (Å²) in [6.07, 6.45) is 4.58. The highest BCUT2D eigenvalue weighted by Crippen LogP contribution is 2.27. The van der Waals surface area contributed by atoms with Crippen LogP contribution in [0.1, 0.15) is 53.3 Å². The Kier molecular flexibility index (Phi) is 8.33. The maximum atomic E-state index is 12.4. The van der Waals surface area contributed by atoms with E-state index in [1.54, 1.807) is 42.5 Å². The SMILES string of the molecule is CCCCCCOc1ccc(C(=O)Nc2ccc(C(=O)OC)cc2)cc1Br. The Bertz CT molecular complexity index is 774. The normalized spacial score (nSPS) is 10.3. The van der Waals surface area contributed by atoms with Gasteiger partial charge in [-0.3, -0.25) is 4.79 Å². The number of esters is 1. The van der Waals surface area contributed by atoms with E-state index in [-0.39, 0.29) is 5.91 Å². The van der Waals surface area contributed by atoms with E-state index in [4.69, 9.17) is 4.74 Å². The van der Waals surface area contributed by atoms with Crippen molar-refractivity contribution in [3.05, 3.63) is 58.1 Å². The summed E-state index contributed by atoms with van der Waals surface area (Å²) >= 11 is 3.46. The Balaban J connectivity index is 1.94. The number of nitrogens with one attached hydrogen (secondary N) is 1. The van der Waals surface area contributed by atoms with E-state index in [9.17, 15) is 9.59 Å². The monoisotopic (exact) mass is 433 g/mol. The summed E-state index contributed by atoms with van der Waals surface area (Å²) in [4.78, 5) is 23.9. The highest BCUT2D eigenvalue weighted by atomic mass is 79.9. The molecule has 0 saturated heterocycles. The van der Waals surface area contributed by atoms with Crippen LogP contribution in [0.15, 0.2) is 46.9 Å². The number of amides is 1. The second kappa shape index (κ2) is 10.7. The quantitative estimate of drug-likeness (QED) is 0.421. The van der Waals surface area contributed by atoms with E-state index in [2.05, 4.69) is 32.9 Å². The van der Waals surface area contributed by atoms with Gasteiger partial charge >= 0.3 is 5.97 Å². The molecular weight excluding hydrogens is 410 g/mol. The molecule has 0 saturated carbocycles. The molecule has 144 valence electrons. The number of hydrogen-bond donors (Lipinski definition) is 1. The van der Waals surface area contributed by atoms with Crippen LogP contribution in [0.3, 0.4) is 0 Å². The fraction of sp³-hybridized carbons (Fsp3) is 0.333. The van der Waals surface area contributed by atoms with Gasteiger partial charge in [-0.1, -0.05) is 26.2 Å². The molecule has 0 heterocycles. The zero-order chi connectivity index (χ0) is 19.6. The van der Waals surface area contributed by atoms with Crippen molar-refractivity contribution in [1.82, 2.24) is 0 Å². The lowest BCUT2D eigenvalue weighted by Crippen LogP contribution is -2.12. The number of carbonyl (C=O) groups is 2. The summed E-state index contributed by atoms with van der Waals surface area (Å²) in [5.41, 5.74) is 1.54. The standard InChI is InChI=1S/C21H24BrNO4/c1-3-4-5-6-13-27-19-12-9-16(14-18(19)22)20(24)23-17-10-7-15(8-11-17)21(25)26-2/h7-12,14H,3-6,13H2,1-2H3,(H,23,24). The smallest absolute Gasteiger partial charge is 0.337 e. The Morgan fingerprint density at radius 1 is 1.00 bits per heavy atom. The number of halogens is 1. The summed E-state index contributed by atoms with van der Waals surface area (Å²) in [6.45, 7) is 2.84. The van der Waals surface area contributed by atoms with Crippen LogP contribution in [-0.2, 0) is 4.74 Å². The van der Waals surface area contributed by atoms with Gasteiger partial charge in [-0.15, -0.1) is 0 Å². The summed E-state index contributed by atoms with van der Waals surface area (Å²) in [5.74, 6) is 0.0728. The Morgan fingerprint density at radius 3 is 2.33 bits per heavy atom. The van der Waals surface area contributed by atoms with Crippen LogP contribution in [0.2, 0.25) is 0 Å². The number of anilines is 1.